The van der Waals surface area contributed by atoms with E-state index in [9.17, 15) is 14.4 Å². The van der Waals surface area contributed by atoms with Crippen LogP contribution in [-0.2, 0) is 27.3 Å². The topological polar surface area (TPSA) is 84.3 Å². The highest BCUT2D eigenvalue weighted by atomic mass is 16.2. The smallest absolute Gasteiger partial charge is 0.240 e. The number of nitrogens with zero attached hydrogens (tertiary/aromatic N) is 3. The number of imide groups is 1. The Kier molecular flexibility index (Phi) is 5.34. The molecule has 1 saturated carbocycles. The number of fused-ring (bicyclic) bond motifs is 2. The van der Waals surface area contributed by atoms with Gasteiger partial charge < -0.3 is 5.32 Å². The van der Waals surface area contributed by atoms with Crippen LogP contribution in [0, 0.1) is 11.8 Å². The van der Waals surface area contributed by atoms with Gasteiger partial charge in [-0.2, -0.15) is 5.10 Å². The van der Waals surface area contributed by atoms with E-state index in [1.54, 1.807) is 0 Å². The van der Waals surface area contributed by atoms with E-state index in [-0.39, 0.29) is 42.1 Å². The SMILES string of the molecule is O=C(CN1C(=O)[C@@H]2CCCC[C@H]2C1=O)N[C@@H]1CCCc2c1cnn2Cc1ccccc1. The fourth-order valence-electron chi connectivity index (χ4n) is 5.43. The summed E-state index contributed by atoms with van der Waals surface area (Å²) in [4.78, 5) is 39.3. The van der Waals surface area contributed by atoms with Crippen molar-refractivity contribution in [2.75, 3.05) is 6.54 Å². The Bertz CT molecular complexity index is 976. The van der Waals surface area contributed by atoms with Gasteiger partial charge >= 0.3 is 0 Å². The molecule has 0 spiro atoms. The summed E-state index contributed by atoms with van der Waals surface area (Å²) >= 11 is 0. The second kappa shape index (κ2) is 8.29. The maximum atomic E-state index is 12.8. The van der Waals surface area contributed by atoms with Gasteiger partial charge in [0.2, 0.25) is 17.7 Å². The fraction of sp³-hybridized carbons (Fsp3) is 0.500. The predicted octanol–water partition coefficient (Wildman–Crippen LogP) is 2.60. The van der Waals surface area contributed by atoms with Gasteiger partial charge in [-0.15, -0.1) is 0 Å². The van der Waals surface area contributed by atoms with Gasteiger partial charge in [-0.3, -0.25) is 24.0 Å². The molecule has 31 heavy (non-hydrogen) atoms. The second-order valence-electron chi connectivity index (χ2n) is 8.96. The van der Waals surface area contributed by atoms with Crippen LogP contribution in [0.25, 0.3) is 0 Å². The molecule has 1 aromatic carbocycles. The molecule has 1 N–H and O–H groups in total. The fourth-order valence-corrected chi connectivity index (χ4v) is 5.43. The third-order valence-corrected chi connectivity index (χ3v) is 7.01. The lowest BCUT2D eigenvalue weighted by molar-refractivity contribution is -0.143. The monoisotopic (exact) mass is 420 g/mol. The number of hydrogen-bond acceptors (Lipinski definition) is 4. The number of aromatic nitrogens is 2. The Morgan fingerprint density at radius 3 is 2.42 bits per heavy atom. The van der Waals surface area contributed by atoms with E-state index >= 15 is 0 Å². The van der Waals surface area contributed by atoms with Crippen molar-refractivity contribution in [1.82, 2.24) is 20.0 Å². The van der Waals surface area contributed by atoms with Crippen molar-refractivity contribution in [1.29, 1.82) is 0 Å². The van der Waals surface area contributed by atoms with E-state index in [4.69, 9.17) is 0 Å². The lowest BCUT2D eigenvalue weighted by Crippen LogP contribution is -2.42. The van der Waals surface area contributed by atoms with Gasteiger partial charge in [0.25, 0.3) is 0 Å². The van der Waals surface area contributed by atoms with Gasteiger partial charge in [0.1, 0.15) is 6.54 Å². The maximum Gasteiger partial charge on any atom is 0.240 e. The minimum atomic E-state index is -0.269. The van der Waals surface area contributed by atoms with E-state index in [1.165, 1.54) is 10.5 Å². The number of hydrogen-bond donors (Lipinski definition) is 1. The molecule has 2 fully saturated rings. The van der Waals surface area contributed by atoms with E-state index in [0.29, 0.717) is 6.54 Å². The largest absolute Gasteiger partial charge is 0.348 e. The number of rotatable bonds is 5. The third kappa shape index (κ3) is 3.77. The zero-order valence-electron chi connectivity index (χ0n) is 17.6. The van der Waals surface area contributed by atoms with Crippen LogP contribution < -0.4 is 5.32 Å². The van der Waals surface area contributed by atoms with Crippen LogP contribution in [0.15, 0.2) is 36.5 Å². The Balaban J connectivity index is 1.26. The first-order valence-corrected chi connectivity index (χ1v) is 11.3. The van der Waals surface area contributed by atoms with E-state index in [2.05, 4.69) is 22.5 Å². The molecule has 2 aromatic rings. The summed E-state index contributed by atoms with van der Waals surface area (Å²) in [7, 11) is 0. The van der Waals surface area contributed by atoms with E-state index < -0.39 is 0 Å². The van der Waals surface area contributed by atoms with Gasteiger partial charge in [0.15, 0.2) is 0 Å². The summed E-state index contributed by atoms with van der Waals surface area (Å²) in [5, 5.41) is 7.64. The molecule has 0 bridgehead atoms. The van der Waals surface area contributed by atoms with E-state index in [0.717, 1.165) is 56.2 Å². The van der Waals surface area contributed by atoms with Gasteiger partial charge in [0.05, 0.1) is 30.6 Å². The second-order valence-corrected chi connectivity index (χ2v) is 8.96. The van der Waals surface area contributed by atoms with Crippen molar-refractivity contribution in [2.45, 2.75) is 57.5 Å². The summed E-state index contributed by atoms with van der Waals surface area (Å²) in [6, 6.07) is 10.1. The molecule has 7 heteroatoms. The van der Waals surface area contributed by atoms with Crippen LogP contribution in [0.1, 0.15) is 61.4 Å². The minimum absolute atomic E-state index is 0.129. The summed E-state index contributed by atoms with van der Waals surface area (Å²) in [6.45, 7) is 0.533. The maximum absolute atomic E-state index is 12.8. The predicted molar refractivity (Wildman–Crippen MR) is 114 cm³/mol. The quantitative estimate of drug-likeness (QED) is 0.754. The zero-order valence-corrected chi connectivity index (χ0v) is 17.6. The highest BCUT2D eigenvalue weighted by molar-refractivity contribution is 6.07. The van der Waals surface area contributed by atoms with Crippen molar-refractivity contribution in [3.8, 4) is 0 Å². The molecule has 5 rings (SSSR count). The molecule has 3 atom stereocenters. The van der Waals surface area contributed by atoms with Gasteiger partial charge in [-0.05, 0) is 37.7 Å². The average molecular weight is 421 g/mol. The van der Waals surface area contributed by atoms with Crippen molar-refractivity contribution in [2.24, 2.45) is 11.8 Å². The number of nitrogens with one attached hydrogen (secondary N) is 1. The molecule has 1 aliphatic heterocycles. The zero-order chi connectivity index (χ0) is 21.4. The summed E-state index contributed by atoms with van der Waals surface area (Å²) < 4.78 is 2.02. The van der Waals surface area contributed by atoms with Crippen LogP contribution in [0.2, 0.25) is 0 Å². The molecule has 0 unspecified atom stereocenters. The van der Waals surface area contributed by atoms with Crippen LogP contribution in [0.4, 0.5) is 0 Å². The molecular formula is C24H28N4O3. The normalized spacial score (nSPS) is 25.3. The first kappa shape index (κ1) is 20.0. The first-order valence-electron chi connectivity index (χ1n) is 11.3. The molecule has 2 aliphatic carbocycles. The highest BCUT2D eigenvalue weighted by Crippen LogP contribution is 2.38. The molecule has 162 valence electrons. The molecule has 1 saturated heterocycles. The Hall–Kier alpha value is -2.96. The number of carbonyl (C=O) groups is 3. The number of benzene rings is 1. The van der Waals surface area contributed by atoms with Crippen molar-refractivity contribution >= 4 is 17.7 Å². The lowest BCUT2D eigenvalue weighted by Gasteiger charge is -2.25. The average Bonchev–Trinajstić information content (AvgIpc) is 3.30. The Morgan fingerprint density at radius 2 is 1.71 bits per heavy atom. The van der Waals surface area contributed by atoms with Crippen LogP contribution in [-0.4, -0.2) is 38.9 Å². The summed E-state index contributed by atoms with van der Waals surface area (Å²) in [5.74, 6) is -1.03. The van der Waals surface area contributed by atoms with Crippen LogP contribution >= 0.6 is 0 Å². The Morgan fingerprint density at radius 1 is 1.00 bits per heavy atom. The lowest BCUT2D eigenvalue weighted by atomic mass is 9.81. The Labute approximate surface area is 181 Å². The summed E-state index contributed by atoms with van der Waals surface area (Å²) in [6.07, 6.45) is 8.08. The standard InChI is InChI=1S/C24H28N4O3/c29-22(15-27-23(30)17-9-4-5-10-18(17)24(27)31)26-20-11-6-12-21-19(20)13-25-28(21)14-16-7-2-1-3-8-16/h1-3,7-8,13,17-18,20H,4-6,9-12,14-15H2,(H,26,29)/t17-,18-,20-/m1/s1. The summed E-state index contributed by atoms with van der Waals surface area (Å²) in [5.41, 5.74) is 3.38. The van der Waals surface area contributed by atoms with Gasteiger partial charge in [0, 0.05) is 11.3 Å². The van der Waals surface area contributed by atoms with E-state index in [1.807, 2.05) is 29.1 Å². The molecule has 0 radical (unpaired) electrons. The third-order valence-electron chi connectivity index (χ3n) is 7.01. The first-order chi connectivity index (χ1) is 15.1. The molecule has 1 aromatic heterocycles. The number of carbonyl (C=O) groups excluding carboxylic acids is 3. The molecule has 3 aliphatic rings. The van der Waals surface area contributed by atoms with Gasteiger partial charge in [-0.1, -0.05) is 43.2 Å². The molecule has 2 heterocycles. The minimum Gasteiger partial charge on any atom is -0.348 e. The molecule has 7 nitrogen and oxygen atoms in total. The number of amides is 3. The van der Waals surface area contributed by atoms with Crippen molar-refractivity contribution < 1.29 is 14.4 Å². The molecule has 3 amide bonds. The molecular weight excluding hydrogens is 392 g/mol. The highest BCUT2D eigenvalue weighted by Gasteiger charge is 2.48. The van der Waals surface area contributed by atoms with Crippen LogP contribution in [0.3, 0.4) is 0 Å². The van der Waals surface area contributed by atoms with Crippen LogP contribution in [0.5, 0.6) is 0 Å². The number of likely N-dealkylation sites (tertiary alicyclic amines) is 1. The van der Waals surface area contributed by atoms with Crippen molar-refractivity contribution in [3.63, 3.8) is 0 Å². The van der Waals surface area contributed by atoms with Crippen molar-refractivity contribution in [3.05, 3.63) is 53.3 Å². The van der Waals surface area contributed by atoms with Gasteiger partial charge in [-0.25, -0.2) is 0 Å².